The first-order valence-electron chi connectivity index (χ1n) is 3.12. The van der Waals surface area contributed by atoms with Crippen molar-refractivity contribution in [3.63, 3.8) is 0 Å². The quantitative estimate of drug-likeness (QED) is 0.508. The predicted molar refractivity (Wildman–Crippen MR) is 45.3 cm³/mol. The van der Waals surface area contributed by atoms with Crippen molar-refractivity contribution in [2.75, 3.05) is 7.11 Å². The van der Waals surface area contributed by atoms with Gasteiger partial charge in [0, 0.05) is 10.6 Å². The van der Waals surface area contributed by atoms with Crippen LogP contribution in [0.15, 0.2) is 24.3 Å². The average molecular weight is 170 g/mol. The minimum absolute atomic E-state index is 0.132. The molecule has 0 spiro atoms. The number of ether oxygens (including phenoxy) is 1. The van der Waals surface area contributed by atoms with Crippen LogP contribution in [0.3, 0.4) is 0 Å². The summed E-state index contributed by atoms with van der Waals surface area (Å²) in [6.45, 7) is 0. The summed E-state index contributed by atoms with van der Waals surface area (Å²) in [4.78, 5) is 0. The summed E-state index contributed by atoms with van der Waals surface area (Å²) in [7, 11) is 1.46. The second kappa shape index (κ2) is 3.39. The molecule has 0 aliphatic carbocycles. The molecule has 2 nitrogen and oxygen atoms in total. The van der Waals surface area contributed by atoms with Crippen molar-refractivity contribution in [2.24, 2.45) is 0 Å². The van der Waals surface area contributed by atoms with Gasteiger partial charge in [0.05, 0.1) is 7.11 Å². The Morgan fingerprint density at radius 1 is 1.55 bits per heavy atom. The van der Waals surface area contributed by atoms with Crippen molar-refractivity contribution in [1.82, 2.24) is 0 Å². The molecule has 1 aromatic rings. The largest absolute Gasteiger partial charge is 0.481 e. The van der Waals surface area contributed by atoms with E-state index in [9.17, 15) is 0 Å². The number of benzene rings is 1. The lowest BCUT2D eigenvalue weighted by molar-refractivity contribution is 0.401. The van der Waals surface area contributed by atoms with Crippen LogP contribution in [0.5, 0.6) is 0 Å². The molecular weight excluding hydrogens is 162 g/mol. The fourth-order valence-electron chi connectivity index (χ4n) is 0.748. The molecular formula is C8H8ClNO. The van der Waals surface area contributed by atoms with Gasteiger partial charge in [-0.3, -0.25) is 5.41 Å². The van der Waals surface area contributed by atoms with E-state index in [-0.39, 0.29) is 5.90 Å². The third-order valence-electron chi connectivity index (χ3n) is 1.29. The fourth-order valence-corrected chi connectivity index (χ4v) is 0.938. The zero-order chi connectivity index (χ0) is 8.27. The average Bonchev–Trinajstić information content (AvgIpc) is 2.03. The van der Waals surface area contributed by atoms with Crippen LogP contribution in [0.25, 0.3) is 0 Å². The van der Waals surface area contributed by atoms with Gasteiger partial charge in [-0.15, -0.1) is 0 Å². The zero-order valence-electron chi connectivity index (χ0n) is 6.10. The van der Waals surface area contributed by atoms with E-state index in [1.807, 2.05) is 0 Å². The Bertz CT molecular complexity index is 273. The molecule has 0 fully saturated rings. The molecule has 0 atom stereocenters. The lowest BCUT2D eigenvalue weighted by Gasteiger charge is -2.00. The van der Waals surface area contributed by atoms with Gasteiger partial charge in [0.25, 0.3) is 0 Å². The van der Waals surface area contributed by atoms with Crippen LogP contribution in [0.2, 0.25) is 5.02 Å². The van der Waals surface area contributed by atoms with Crippen molar-refractivity contribution < 1.29 is 4.74 Å². The zero-order valence-corrected chi connectivity index (χ0v) is 6.85. The standard InChI is InChI=1S/C8H8ClNO/c1-11-8(10)6-3-2-4-7(9)5-6/h2-5,10H,1H3. The summed E-state index contributed by atoms with van der Waals surface area (Å²) in [5.74, 6) is 0.132. The fraction of sp³-hybridized carbons (Fsp3) is 0.125. The highest BCUT2D eigenvalue weighted by Gasteiger charge is 1.99. The highest BCUT2D eigenvalue weighted by Crippen LogP contribution is 2.10. The molecule has 0 aliphatic rings. The topological polar surface area (TPSA) is 33.1 Å². The van der Waals surface area contributed by atoms with Crippen LogP contribution in [0.4, 0.5) is 0 Å². The molecule has 58 valence electrons. The molecule has 0 saturated heterocycles. The molecule has 0 unspecified atom stereocenters. The van der Waals surface area contributed by atoms with E-state index in [1.54, 1.807) is 24.3 Å². The van der Waals surface area contributed by atoms with Gasteiger partial charge in [0.1, 0.15) is 0 Å². The summed E-state index contributed by atoms with van der Waals surface area (Å²) in [5.41, 5.74) is 0.694. The van der Waals surface area contributed by atoms with Crippen molar-refractivity contribution in [2.45, 2.75) is 0 Å². The van der Waals surface area contributed by atoms with Gasteiger partial charge in [-0.2, -0.15) is 0 Å². The van der Waals surface area contributed by atoms with Crippen molar-refractivity contribution in [3.8, 4) is 0 Å². The summed E-state index contributed by atoms with van der Waals surface area (Å²) in [6.07, 6.45) is 0. The lowest BCUT2D eigenvalue weighted by atomic mass is 10.2. The maximum absolute atomic E-state index is 7.29. The Hall–Kier alpha value is -1.02. The summed E-state index contributed by atoms with van der Waals surface area (Å²) in [5, 5.41) is 7.91. The number of methoxy groups -OCH3 is 1. The summed E-state index contributed by atoms with van der Waals surface area (Å²) in [6, 6.07) is 7.00. The normalized spacial score (nSPS) is 9.27. The molecule has 0 bridgehead atoms. The number of hydrogen-bond acceptors (Lipinski definition) is 2. The molecule has 3 heteroatoms. The molecule has 0 heterocycles. The van der Waals surface area contributed by atoms with Crippen LogP contribution in [-0.4, -0.2) is 13.0 Å². The SMILES string of the molecule is COC(=N)c1cccc(Cl)c1. The van der Waals surface area contributed by atoms with Gasteiger partial charge >= 0.3 is 0 Å². The minimum atomic E-state index is 0.132. The second-order valence-corrected chi connectivity index (χ2v) is 2.48. The van der Waals surface area contributed by atoms with E-state index in [0.717, 1.165) is 0 Å². The summed E-state index contributed by atoms with van der Waals surface area (Å²) >= 11 is 5.69. The third-order valence-corrected chi connectivity index (χ3v) is 1.53. The molecule has 0 amide bonds. The van der Waals surface area contributed by atoms with Crippen molar-refractivity contribution >= 4 is 17.5 Å². The van der Waals surface area contributed by atoms with E-state index in [4.69, 9.17) is 21.7 Å². The Morgan fingerprint density at radius 3 is 2.82 bits per heavy atom. The minimum Gasteiger partial charge on any atom is -0.481 e. The van der Waals surface area contributed by atoms with Crippen molar-refractivity contribution in [1.29, 1.82) is 5.41 Å². The number of rotatable bonds is 1. The van der Waals surface area contributed by atoms with E-state index in [2.05, 4.69) is 0 Å². The van der Waals surface area contributed by atoms with Crippen LogP contribution in [0, 0.1) is 5.41 Å². The van der Waals surface area contributed by atoms with Gasteiger partial charge in [0.2, 0.25) is 5.90 Å². The van der Waals surface area contributed by atoms with Gasteiger partial charge in [-0.05, 0) is 18.2 Å². The van der Waals surface area contributed by atoms with Crippen LogP contribution in [0.1, 0.15) is 5.56 Å². The molecule has 1 N–H and O–H groups in total. The van der Waals surface area contributed by atoms with Crippen molar-refractivity contribution in [3.05, 3.63) is 34.9 Å². The van der Waals surface area contributed by atoms with Crippen LogP contribution < -0.4 is 0 Å². The maximum Gasteiger partial charge on any atom is 0.212 e. The third kappa shape index (κ3) is 1.95. The molecule has 1 rings (SSSR count). The summed E-state index contributed by atoms with van der Waals surface area (Å²) < 4.78 is 4.72. The van der Waals surface area contributed by atoms with Gasteiger partial charge in [-0.25, -0.2) is 0 Å². The molecule has 0 radical (unpaired) electrons. The number of nitrogens with one attached hydrogen (secondary N) is 1. The predicted octanol–water partition coefficient (Wildman–Crippen LogP) is 2.31. The number of hydrogen-bond donors (Lipinski definition) is 1. The second-order valence-electron chi connectivity index (χ2n) is 2.04. The Kier molecular flexibility index (Phi) is 2.49. The van der Waals surface area contributed by atoms with E-state index in [1.165, 1.54) is 7.11 Å². The van der Waals surface area contributed by atoms with E-state index < -0.39 is 0 Å². The van der Waals surface area contributed by atoms with Crippen LogP contribution >= 0.6 is 11.6 Å². The highest BCUT2D eigenvalue weighted by atomic mass is 35.5. The molecule has 0 aromatic heterocycles. The van der Waals surface area contributed by atoms with E-state index in [0.29, 0.717) is 10.6 Å². The maximum atomic E-state index is 7.29. The Morgan fingerprint density at radius 2 is 2.27 bits per heavy atom. The number of halogens is 1. The monoisotopic (exact) mass is 169 g/mol. The van der Waals surface area contributed by atoms with Gasteiger partial charge < -0.3 is 4.74 Å². The Labute approximate surface area is 70.3 Å². The lowest BCUT2D eigenvalue weighted by Crippen LogP contribution is -2.00. The Balaban J connectivity index is 2.96. The van der Waals surface area contributed by atoms with Crippen LogP contribution in [-0.2, 0) is 4.74 Å². The van der Waals surface area contributed by atoms with Gasteiger partial charge in [-0.1, -0.05) is 17.7 Å². The molecule has 0 saturated carbocycles. The first-order valence-corrected chi connectivity index (χ1v) is 3.50. The first kappa shape index (κ1) is 8.08. The van der Waals surface area contributed by atoms with E-state index >= 15 is 0 Å². The van der Waals surface area contributed by atoms with Gasteiger partial charge in [0.15, 0.2) is 0 Å². The first-order chi connectivity index (χ1) is 5.24. The molecule has 0 aliphatic heterocycles. The molecule has 11 heavy (non-hydrogen) atoms. The highest BCUT2D eigenvalue weighted by molar-refractivity contribution is 6.30. The molecule has 1 aromatic carbocycles. The smallest absolute Gasteiger partial charge is 0.212 e.